The van der Waals surface area contributed by atoms with Crippen LogP contribution in [0.2, 0.25) is 5.15 Å². The van der Waals surface area contributed by atoms with Gasteiger partial charge in [0.2, 0.25) is 0 Å². The predicted molar refractivity (Wildman–Crippen MR) is 59.1 cm³/mol. The van der Waals surface area contributed by atoms with Gasteiger partial charge in [-0.3, -0.25) is 4.79 Å². The van der Waals surface area contributed by atoms with Crippen molar-refractivity contribution in [1.82, 2.24) is 9.88 Å². The monoisotopic (exact) mass is 224 g/mol. The van der Waals surface area contributed by atoms with Gasteiger partial charge in [-0.05, 0) is 26.0 Å². The van der Waals surface area contributed by atoms with Crippen LogP contribution in [0.3, 0.4) is 0 Å². The number of hydrogen-bond donors (Lipinski definition) is 0. The molecule has 0 radical (unpaired) electrons. The Morgan fingerprint density at radius 2 is 2.20 bits per heavy atom. The first-order valence-corrected chi connectivity index (χ1v) is 5.44. The van der Waals surface area contributed by atoms with Crippen molar-refractivity contribution in [1.29, 1.82) is 0 Å². The summed E-state index contributed by atoms with van der Waals surface area (Å²) in [5.41, 5.74) is 1.52. The van der Waals surface area contributed by atoms with Crippen LogP contribution in [0.25, 0.3) is 0 Å². The van der Waals surface area contributed by atoms with Gasteiger partial charge in [-0.15, -0.1) is 0 Å². The van der Waals surface area contributed by atoms with Gasteiger partial charge < -0.3 is 4.90 Å². The van der Waals surface area contributed by atoms with Gasteiger partial charge in [0.15, 0.2) is 0 Å². The molecule has 0 bridgehead atoms. The molecule has 1 amide bonds. The van der Waals surface area contributed by atoms with Gasteiger partial charge in [0.05, 0.1) is 11.3 Å². The van der Waals surface area contributed by atoms with Crippen molar-refractivity contribution in [2.75, 3.05) is 6.54 Å². The summed E-state index contributed by atoms with van der Waals surface area (Å²) in [7, 11) is 0. The van der Waals surface area contributed by atoms with Crippen molar-refractivity contribution < 1.29 is 4.79 Å². The number of carbonyl (C=O) groups excluding carboxylic acids is 1. The molecule has 0 saturated carbocycles. The minimum absolute atomic E-state index is 0.0652. The summed E-state index contributed by atoms with van der Waals surface area (Å²) in [4.78, 5) is 18.0. The molecule has 0 atom stereocenters. The summed E-state index contributed by atoms with van der Waals surface area (Å²) in [5.74, 6) is 0.0652. The average Bonchev–Trinajstić information content (AvgIpc) is 2.17. The summed E-state index contributed by atoms with van der Waals surface area (Å²) in [5, 5.41) is 0.458. The van der Waals surface area contributed by atoms with E-state index in [2.05, 4.69) is 4.98 Å². The molecule has 0 unspecified atom stereocenters. The molecular formula is C11H13ClN2O. The van der Waals surface area contributed by atoms with Crippen molar-refractivity contribution in [3.05, 3.63) is 28.5 Å². The highest BCUT2D eigenvalue weighted by Gasteiger charge is 2.26. The maximum Gasteiger partial charge on any atom is 0.255 e. The van der Waals surface area contributed by atoms with Gasteiger partial charge >= 0.3 is 0 Å². The number of amides is 1. The zero-order valence-corrected chi connectivity index (χ0v) is 9.58. The Morgan fingerprint density at radius 3 is 2.87 bits per heavy atom. The molecule has 0 aliphatic carbocycles. The third kappa shape index (κ3) is 1.84. The fraction of sp³-hybridized carbons (Fsp3) is 0.455. The van der Waals surface area contributed by atoms with Crippen molar-refractivity contribution in [3.63, 3.8) is 0 Å². The van der Waals surface area contributed by atoms with Gasteiger partial charge in [0.25, 0.3) is 5.91 Å². The van der Waals surface area contributed by atoms with Crippen LogP contribution in [-0.4, -0.2) is 28.4 Å². The fourth-order valence-electron chi connectivity index (χ4n) is 1.84. The lowest BCUT2D eigenvalue weighted by Crippen LogP contribution is -2.42. The average molecular weight is 225 g/mol. The summed E-state index contributed by atoms with van der Waals surface area (Å²) in [6.45, 7) is 4.77. The summed E-state index contributed by atoms with van der Waals surface area (Å²) < 4.78 is 0. The zero-order valence-electron chi connectivity index (χ0n) is 8.83. The second-order valence-corrected chi connectivity index (χ2v) is 4.36. The maximum atomic E-state index is 12.0. The number of fused-ring (bicyclic) bond motifs is 1. The molecule has 1 aromatic rings. The van der Waals surface area contributed by atoms with Crippen LogP contribution in [0.4, 0.5) is 0 Å². The van der Waals surface area contributed by atoms with E-state index in [1.54, 1.807) is 12.1 Å². The van der Waals surface area contributed by atoms with Crippen molar-refractivity contribution in [3.8, 4) is 0 Å². The lowest BCUT2D eigenvalue weighted by molar-refractivity contribution is 0.0686. The molecule has 0 fully saturated rings. The van der Waals surface area contributed by atoms with E-state index in [4.69, 9.17) is 11.6 Å². The number of aromatic nitrogens is 1. The molecule has 1 aliphatic heterocycles. The Kier molecular flexibility index (Phi) is 2.65. The second kappa shape index (κ2) is 3.81. The maximum absolute atomic E-state index is 12.0. The predicted octanol–water partition coefficient (Wildman–Crippen LogP) is 2.14. The quantitative estimate of drug-likeness (QED) is 0.685. The minimum Gasteiger partial charge on any atom is -0.336 e. The number of carbonyl (C=O) groups is 1. The number of pyridine rings is 1. The van der Waals surface area contributed by atoms with Gasteiger partial charge in [0.1, 0.15) is 5.15 Å². The summed E-state index contributed by atoms with van der Waals surface area (Å²) in [6, 6.07) is 3.67. The third-order valence-electron chi connectivity index (χ3n) is 2.64. The molecular weight excluding hydrogens is 212 g/mol. The Bertz CT molecular complexity index is 404. The fourth-order valence-corrected chi connectivity index (χ4v) is 2.00. The molecule has 0 saturated heterocycles. The first-order valence-electron chi connectivity index (χ1n) is 5.06. The molecule has 0 aromatic carbocycles. The van der Waals surface area contributed by atoms with E-state index < -0.39 is 0 Å². The first-order chi connectivity index (χ1) is 7.09. The van der Waals surface area contributed by atoms with E-state index >= 15 is 0 Å². The van der Waals surface area contributed by atoms with E-state index in [1.165, 1.54) is 0 Å². The highest BCUT2D eigenvalue weighted by molar-refractivity contribution is 6.29. The molecule has 15 heavy (non-hydrogen) atoms. The van der Waals surface area contributed by atoms with Crippen LogP contribution in [0.1, 0.15) is 29.9 Å². The van der Waals surface area contributed by atoms with Crippen molar-refractivity contribution in [2.45, 2.75) is 26.3 Å². The highest BCUT2D eigenvalue weighted by atomic mass is 35.5. The van der Waals surface area contributed by atoms with Crippen LogP contribution in [-0.2, 0) is 6.42 Å². The Labute approximate surface area is 94.1 Å². The van der Waals surface area contributed by atoms with E-state index in [9.17, 15) is 4.79 Å². The highest BCUT2D eigenvalue weighted by Crippen LogP contribution is 2.20. The molecule has 1 aliphatic rings. The molecule has 1 aromatic heterocycles. The standard InChI is InChI=1S/C11H13ClN2O/c1-7(2)14-6-5-9-8(11(14)15)3-4-10(12)13-9/h3-4,7H,5-6H2,1-2H3. The zero-order chi connectivity index (χ0) is 11.0. The first kappa shape index (κ1) is 10.4. The molecule has 80 valence electrons. The molecule has 0 N–H and O–H groups in total. The van der Waals surface area contributed by atoms with Crippen LogP contribution >= 0.6 is 11.6 Å². The normalized spacial score (nSPS) is 15.7. The number of halogens is 1. The number of rotatable bonds is 1. The topological polar surface area (TPSA) is 33.2 Å². The minimum atomic E-state index is 0.0652. The smallest absolute Gasteiger partial charge is 0.255 e. The molecule has 2 rings (SSSR count). The SMILES string of the molecule is CC(C)N1CCc2nc(Cl)ccc2C1=O. The largest absolute Gasteiger partial charge is 0.336 e. The van der Waals surface area contributed by atoms with Crippen LogP contribution in [0.15, 0.2) is 12.1 Å². The van der Waals surface area contributed by atoms with E-state index in [1.807, 2.05) is 18.7 Å². The molecule has 3 nitrogen and oxygen atoms in total. The Morgan fingerprint density at radius 1 is 1.47 bits per heavy atom. The van der Waals surface area contributed by atoms with Gasteiger partial charge in [-0.2, -0.15) is 0 Å². The number of nitrogens with zero attached hydrogens (tertiary/aromatic N) is 2. The Balaban J connectivity index is 2.39. The van der Waals surface area contributed by atoms with Gasteiger partial charge in [-0.25, -0.2) is 4.98 Å². The van der Waals surface area contributed by atoms with E-state index in [0.717, 1.165) is 18.7 Å². The second-order valence-electron chi connectivity index (χ2n) is 3.97. The van der Waals surface area contributed by atoms with Crippen LogP contribution < -0.4 is 0 Å². The Hall–Kier alpha value is -1.09. The lowest BCUT2D eigenvalue weighted by atomic mass is 10.0. The molecule has 0 spiro atoms. The van der Waals surface area contributed by atoms with E-state index in [0.29, 0.717) is 10.7 Å². The van der Waals surface area contributed by atoms with Crippen LogP contribution in [0.5, 0.6) is 0 Å². The third-order valence-corrected chi connectivity index (χ3v) is 2.85. The number of hydrogen-bond acceptors (Lipinski definition) is 2. The van der Waals surface area contributed by atoms with Crippen molar-refractivity contribution >= 4 is 17.5 Å². The summed E-state index contributed by atoms with van der Waals surface area (Å²) >= 11 is 5.79. The van der Waals surface area contributed by atoms with E-state index in [-0.39, 0.29) is 11.9 Å². The van der Waals surface area contributed by atoms with Crippen LogP contribution in [0, 0.1) is 0 Å². The van der Waals surface area contributed by atoms with Crippen molar-refractivity contribution in [2.24, 2.45) is 0 Å². The molecule has 2 heterocycles. The lowest BCUT2D eigenvalue weighted by Gasteiger charge is -2.31. The molecule has 4 heteroatoms. The summed E-state index contributed by atoms with van der Waals surface area (Å²) in [6.07, 6.45) is 0.791. The van der Waals surface area contributed by atoms with Gasteiger partial charge in [-0.1, -0.05) is 11.6 Å². The van der Waals surface area contributed by atoms with Gasteiger partial charge in [0, 0.05) is 19.0 Å².